The van der Waals surface area contributed by atoms with Gasteiger partial charge in [0, 0.05) is 10.2 Å². The highest BCUT2D eigenvalue weighted by Gasteiger charge is 2.13. The smallest absolute Gasteiger partial charge is 0.249 e. The first-order chi connectivity index (χ1) is 11.9. The summed E-state index contributed by atoms with van der Waals surface area (Å²) >= 11 is 3.49. The van der Waals surface area contributed by atoms with Gasteiger partial charge in [0.1, 0.15) is 0 Å². The van der Waals surface area contributed by atoms with Gasteiger partial charge in [-0.1, -0.05) is 45.0 Å². The number of hydrogen-bond acceptors (Lipinski definition) is 5. The van der Waals surface area contributed by atoms with Crippen LogP contribution in [0.3, 0.4) is 0 Å². The fourth-order valence-electron chi connectivity index (χ4n) is 2.30. The van der Waals surface area contributed by atoms with Gasteiger partial charge in [0.15, 0.2) is 5.82 Å². The number of rotatable bonds is 4. The maximum atomic E-state index is 4.46. The lowest BCUT2D eigenvalue weighted by Gasteiger charge is -2.19. The molecule has 0 aliphatic rings. The van der Waals surface area contributed by atoms with E-state index >= 15 is 0 Å². The summed E-state index contributed by atoms with van der Waals surface area (Å²) in [7, 11) is 0. The van der Waals surface area contributed by atoms with Crippen molar-refractivity contribution >= 4 is 39.1 Å². The van der Waals surface area contributed by atoms with Gasteiger partial charge in [-0.05, 0) is 51.2 Å². The third kappa shape index (κ3) is 4.54. The average Bonchev–Trinajstić information content (AvgIpc) is 2.57. The molecule has 0 aliphatic heterocycles. The van der Waals surface area contributed by atoms with Crippen LogP contribution >= 0.6 is 15.9 Å². The Labute approximate surface area is 156 Å². The fourth-order valence-corrected chi connectivity index (χ4v) is 2.69. The first-order valence-electron chi connectivity index (χ1n) is 8.01. The van der Waals surface area contributed by atoms with Crippen LogP contribution in [0.2, 0.25) is 0 Å². The van der Waals surface area contributed by atoms with Crippen LogP contribution in [-0.4, -0.2) is 15.2 Å². The minimum absolute atomic E-state index is 0.134. The monoisotopic (exact) mass is 397 g/mol. The summed E-state index contributed by atoms with van der Waals surface area (Å²) in [6.07, 6.45) is 1.60. The van der Waals surface area contributed by atoms with Crippen LogP contribution in [0.5, 0.6) is 0 Å². The maximum absolute atomic E-state index is 4.46. The summed E-state index contributed by atoms with van der Waals surface area (Å²) in [5, 5.41) is 14.5. The van der Waals surface area contributed by atoms with E-state index in [1.165, 1.54) is 5.56 Å². The number of benzene rings is 2. The van der Waals surface area contributed by atoms with Crippen molar-refractivity contribution in [3.63, 3.8) is 0 Å². The average molecular weight is 398 g/mol. The highest BCUT2D eigenvalue weighted by atomic mass is 79.9. The maximum Gasteiger partial charge on any atom is 0.249 e. The van der Waals surface area contributed by atoms with E-state index in [0.29, 0.717) is 11.8 Å². The van der Waals surface area contributed by atoms with Gasteiger partial charge < -0.3 is 10.6 Å². The molecule has 0 radical (unpaired) electrons. The topological polar surface area (TPSA) is 62.7 Å². The Balaban J connectivity index is 1.75. The molecule has 25 heavy (non-hydrogen) atoms. The molecular weight excluding hydrogens is 378 g/mol. The standard InChI is InChI=1S/C19H20BrN5/c1-19(2,3)13-8-10-14(11-9-13)22-17-12-21-25-18(24-17)23-16-7-5-4-6-15(16)20/h4-12H,1-3H3,(H2,22,23,24,25). The second-order valence-electron chi connectivity index (χ2n) is 6.72. The predicted molar refractivity (Wildman–Crippen MR) is 106 cm³/mol. The van der Waals surface area contributed by atoms with Crippen molar-refractivity contribution in [1.29, 1.82) is 0 Å². The number of nitrogens with zero attached hydrogens (tertiary/aromatic N) is 3. The van der Waals surface area contributed by atoms with Crippen LogP contribution in [0.15, 0.2) is 59.2 Å². The van der Waals surface area contributed by atoms with Crippen LogP contribution in [0.4, 0.5) is 23.1 Å². The number of anilines is 4. The van der Waals surface area contributed by atoms with Crippen LogP contribution in [0.25, 0.3) is 0 Å². The van der Waals surface area contributed by atoms with Gasteiger partial charge in [-0.15, -0.1) is 5.10 Å². The molecule has 1 heterocycles. The summed E-state index contributed by atoms with van der Waals surface area (Å²) in [5.74, 6) is 1.07. The van der Waals surface area contributed by atoms with Crippen molar-refractivity contribution in [2.45, 2.75) is 26.2 Å². The largest absolute Gasteiger partial charge is 0.339 e. The van der Waals surface area contributed by atoms with Crippen LogP contribution in [0.1, 0.15) is 26.3 Å². The molecule has 3 rings (SSSR count). The minimum Gasteiger partial charge on any atom is -0.339 e. The van der Waals surface area contributed by atoms with Gasteiger partial charge in [0.05, 0.1) is 11.9 Å². The number of hydrogen-bond donors (Lipinski definition) is 2. The lowest BCUT2D eigenvalue weighted by Crippen LogP contribution is -2.10. The highest BCUT2D eigenvalue weighted by Crippen LogP contribution is 2.26. The van der Waals surface area contributed by atoms with Gasteiger partial charge >= 0.3 is 0 Å². The molecule has 0 aliphatic carbocycles. The molecule has 0 bridgehead atoms. The zero-order chi connectivity index (χ0) is 17.9. The lowest BCUT2D eigenvalue weighted by atomic mass is 9.87. The summed E-state index contributed by atoms with van der Waals surface area (Å²) in [4.78, 5) is 4.46. The first-order valence-corrected chi connectivity index (χ1v) is 8.80. The molecule has 1 aromatic heterocycles. The number of nitrogens with one attached hydrogen (secondary N) is 2. The van der Waals surface area contributed by atoms with E-state index in [4.69, 9.17) is 0 Å². The third-order valence-electron chi connectivity index (χ3n) is 3.70. The molecule has 0 fully saturated rings. The molecule has 6 heteroatoms. The quantitative estimate of drug-likeness (QED) is 0.615. The molecule has 2 aromatic carbocycles. The summed E-state index contributed by atoms with van der Waals surface area (Å²) in [5.41, 5.74) is 3.27. The van der Waals surface area contributed by atoms with Crippen molar-refractivity contribution in [2.24, 2.45) is 0 Å². The van der Waals surface area contributed by atoms with Crippen molar-refractivity contribution in [1.82, 2.24) is 15.2 Å². The summed E-state index contributed by atoms with van der Waals surface area (Å²) < 4.78 is 0.940. The lowest BCUT2D eigenvalue weighted by molar-refractivity contribution is 0.590. The Bertz CT molecular complexity index is 856. The Hall–Kier alpha value is -2.47. The SMILES string of the molecule is CC(C)(C)c1ccc(Nc2cnnc(Nc3ccccc3Br)n2)cc1. The molecule has 0 unspecified atom stereocenters. The third-order valence-corrected chi connectivity index (χ3v) is 4.39. The second-order valence-corrected chi connectivity index (χ2v) is 7.58. The molecule has 5 nitrogen and oxygen atoms in total. The van der Waals surface area contributed by atoms with Crippen molar-refractivity contribution in [3.8, 4) is 0 Å². The molecule has 0 atom stereocenters. The minimum atomic E-state index is 0.134. The Morgan fingerprint density at radius 3 is 2.32 bits per heavy atom. The van der Waals surface area contributed by atoms with E-state index in [2.05, 4.69) is 74.6 Å². The molecular formula is C19H20BrN5. The van der Waals surface area contributed by atoms with E-state index < -0.39 is 0 Å². The van der Waals surface area contributed by atoms with Crippen molar-refractivity contribution < 1.29 is 0 Å². The van der Waals surface area contributed by atoms with Gasteiger partial charge in [0.2, 0.25) is 5.95 Å². The zero-order valence-electron chi connectivity index (χ0n) is 14.4. The van der Waals surface area contributed by atoms with E-state index in [9.17, 15) is 0 Å². The van der Waals surface area contributed by atoms with E-state index in [0.717, 1.165) is 15.8 Å². The van der Waals surface area contributed by atoms with Gasteiger partial charge in [-0.25, -0.2) is 0 Å². The highest BCUT2D eigenvalue weighted by molar-refractivity contribution is 9.10. The second kappa shape index (κ2) is 7.19. The van der Waals surface area contributed by atoms with E-state index in [1.54, 1.807) is 6.20 Å². The number of para-hydroxylation sites is 1. The first kappa shape index (κ1) is 17.4. The molecule has 0 spiro atoms. The summed E-state index contributed by atoms with van der Waals surface area (Å²) in [6, 6.07) is 16.1. The van der Waals surface area contributed by atoms with Gasteiger partial charge in [-0.2, -0.15) is 10.1 Å². The number of aromatic nitrogens is 3. The zero-order valence-corrected chi connectivity index (χ0v) is 16.0. The molecule has 0 amide bonds. The molecule has 3 aromatic rings. The van der Waals surface area contributed by atoms with Crippen molar-refractivity contribution in [3.05, 3.63) is 64.8 Å². The summed E-state index contributed by atoms with van der Waals surface area (Å²) in [6.45, 7) is 6.59. The van der Waals surface area contributed by atoms with Crippen molar-refractivity contribution in [2.75, 3.05) is 10.6 Å². The molecule has 2 N–H and O–H groups in total. The molecule has 0 saturated carbocycles. The normalized spacial score (nSPS) is 11.2. The predicted octanol–water partition coefficient (Wildman–Crippen LogP) is 5.42. The molecule has 128 valence electrons. The Morgan fingerprint density at radius 1 is 0.920 bits per heavy atom. The molecule has 0 saturated heterocycles. The Kier molecular flexibility index (Phi) is 4.99. The van der Waals surface area contributed by atoms with E-state index in [1.807, 2.05) is 36.4 Å². The Morgan fingerprint density at radius 2 is 1.64 bits per heavy atom. The van der Waals surface area contributed by atoms with E-state index in [-0.39, 0.29) is 5.41 Å². The fraction of sp³-hybridized carbons (Fsp3) is 0.211. The van der Waals surface area contributed by atoms with Gasteiger partial charge in [-0.3, -0.25) is 0 Å². The van der Waals surface area contributed by atoms with Crippen LogP contribution in [0, 0.1) is 0 Å². The van der Waals surface area contributed by atoms with Crippen LogP contribution < -0.4 is 10.6 Å². The number of halogens is 1. The van der Waals surface area contributed by atoms with Crippen LogP contribution in [-0.2, 0) is 5.41 Å². The van der Waals surface area contributed by atoms with Gasteiger partial charge in [0.25, 0.3) is 0 Å².